The Kier molecular flexibility index (Phi) is 6.28. The van der Waals surface area contributed by atoms with Crippen molar-refractivity contribution in [2.24, 2.45) is 0 Å². The van der Waals surface area contributed by atoms with Crippen LogP contribution in [0.25, 0.3) is 0 Å². The summed E-state index contributed by atoms with van der Waals surface area (Å²) in [5, 5.41) is 0. The van der Waals surface area contributed by atoms with E-state index in [0.717, 1.165) is 28.3 Å². The van der Waals surface area contributed by atoms with Crippen molar-refractivity contribution in [2.45, 2.75) is 25.2 Å². The predicted molar refractivity (Wildman–Crippen MR) is 112 cm³/mol. The Morgan fingerprint density at radius 3 is 2.64 bits per heavy atom. The van der Waals surface area contributed by atoms with Crippen molar-refractivity contribution in [1.29, 1.82) is 0 Å². The molecule has 2 aromatic rings. The zero-order valence-corrected chi connectivity index (χ0v) is 17.8. The number of ether oxygens (including phenoxy) is 1. The van der Waals surface area contributed by atoms with E-state index in [1.165, 1.54) is 12.1 Å². The minimum Gasteiger partial charge on any atom is -0.377 e. The second kappa shape index (κ2) is 9.00. The van der Waals surface area contributed by atoms with Crippen molar-refractivity contribution in [1.82, 2.24) is 14.9 Å². The monoisotopic (exact) mass is 469 g/mol. The molecule has 0 saturated carbocycles. The first-order valence-electron chi connectivity index (χ1n) is 10.5. The van der Waals surface area contributed by atoms with Gasteiger partial charge >= 0.3 is 6.18 Å². The number of rotatable bonds is 3. The molecular weight excluding hydrogens is 446 g/mol. The third-order valence-corrected chi connectivity index (χ3v) is 5.82. The molecule has 1 N–H and O–H groups in total. The summed E-state index contributed by atoms with van der Waals surface area (Å²) >= 11 is 0. The molecule has 2 atom stereocenters. The van der Waals surface area contributed by atoms with Gasteiger partial charge in [0.2, 0.25) is 0 Å². The zero-order valence-electron chi connectivity index (χ0n) is 17.8. The first-order chi connectivity index (χ1) is 15.6. The highest BCUT2D eigenvalue weighted by Gasteiger charge is 2.48. The van der Waals surface area contributed by atoms with E-state index < -0.39 is 36.0 Å². The summed E-state index contributed by atoms with van der Waals surface area (Å²) in [6.07, 6.45) is -2.66. The number of pyridine rings is 2. The Morgan fingerprint density at radius 2 is 1.94 bits per heavy atom. The first-order valence-corrected chi connectivity index (χ1v) is 10.5. The summed E-state index contributed by atoms with van der Waals surface area (Å²) in [6, 6.07) is 1.72. The molecule has 0 unspecified atom stereocenters. The second-order valence-electron chi connectivity index (χ2n) is 8.10. The molecule has 2 saturated heterocycles. The molecule has 4 heterocycles. The number of aromatic nitrogens is 2. The fraction of sp³-hybridized carbons (Fsp3) is 0.476. The number of piperazine rings is 1. The van der Waals surface area contributed by atoms with Gasteiger partial charge in [-0.2, -0.15) is 13.2 Å². The zero-order chi connectivity index (χ0) is 23.8. The number of carbonyl (C=O) groups excluding carboxylic acids is 1. The van der Waals surface area contributed by atoms with Crippen LogP contribution in [0, 0.1) is 5.82 Å². The summed E-state index contributed by atoms with van der Waals surface area (Å²) < 4.78 is 60.9. The van der Waals surface area contributed by atoms with Crippen molar-refractivity contribution in [3.63, 3.8) is 0 Å². The van der Waals surface area contributed by atoms with Gasteiger partial charge in [0.1, 0.15) is 17.7 Å². The summed E-state index contributed by atoms with van der Waals surface area (Å²) in [4.78, 5) is 35.1. The van der Waals surface area contributed by atoms with Gasteiger partial charge < -0.3 is 24.4 Å². The topological polar surface area (TPSA) is 81.8 Å². The third-order valence-electron chi connectivity index (χ3n) is 5.82. The first kappa shape index (κ1) is 23.0. The quantitative estimate of drug-likeness (QED) is 0.693. The molecule has 8 nitrogen and oxygen atoms in total. The van der Waals surface area contributed by atoms with E-state index in [4.69, 9.17) is 4.74 Å². The maximum atomic E-state index is 14.0. The molecule has 2 aliphatic heterocycles. The van der Waals surface area contributed by atoms with Gasteiger partial charge in [-0.3, -0.25) is 14.6 Å². The van der Waals surface area contributed by atoms with Gasteiger partial charge in [-0.15, -0.1) is 0 Å². The van der Waals surface area contributed by atoms with Crippen LogP contribution in [0.15, 0.2) is 35.4 Å². The Hall–Kier alpha value is -3.15. The number of nitrogens with one attached hydrogen (secondary N) is 1. The lowest BCUT2D eigenvalue weighted by molar-refractivity contribution is -0.154. The molecule has 0 bridgehead atoms. The summed E-state index contributed by atoms with van der Waals surface area (Å²) in [6.45, 7) is 2.44. The van der Waals surface area contributed by atoms with E-state index in [1.54, 1.807) is 0 Å². The van der Waals surface area contributed by atoms with E-state index in [-0.39, 0.29) is 30.5 Å². The number of alkyl halides is 3. The Bertz CT molecular complexity index is 1080. The number of aromatic amines is 1. The van der Waals surface area contributed by atoms with Crippen LogP contribution in [0.1, 0.15) is 17.3 Å². The van der Waals surface area contributed by atoms with Gasteiger partial charge in [0, 0.05) is 49.7 Å². The number of amides is 1. The summed E-state index contributed by atoms with van der Waals surface area (Å²) in [7, 11) is 0. The van der Waals surface area contributed by atoms with Gasteiger partial charge in [0.15, 0.2) is 0 Å². The molecule has 2 aliphatic rings. The lowest BCUT2D eigenvalue weighted by Gasteiger charge is -2.43. The van der Waals surface area contributed by atoms with E-state index in [0.29, 0.717) is 25.4 Å². The van der Waals surface area contributed by atoms with Crippen LogP contribution in [0.2, 0.25) is 0 Å². The van der Waals surface area contributed by atoms with Gasteiger partial charge in [0.05, 0.1) is 31.5 Å². The third kappa shape index (κ3) is 4.95. The lowest BCUT2D eigenvalue weighted by atomic mass is 10.1. The maximum absolute atomic E-state index is 14.0. The molecule has 33 heavy (non-hydrogen) atoms. The summed E-state index contributed by atoms with van der Waals surface area (Å²) in [5.74, 6) is -1.46. The highest BCUT2D eigenvalue weighted by atomic mass is 19.4. The molecule has 4 rings (SSSR count). The molecule has 0 radical (unpaired) electrons. The molecule has 0 aliphatic carbocycles. The van der Waals surface area contributed by atoms with Gasteiger partial charge in [0.25, 0.3) is 11.5 Å². The number of nitrogens with zero attached hydrogens (tertiary/aromatic N) is 4. The SMILES string of the molecule is C[C@@H]1COCCN1c1cc(N2CCN(C(=O)c3cncc(F)c3)C[C@H]2C(F)(F)F)[nH]c(=O)c1. The molecular formula is C21H23F4N5O3. The minimum atomic E-state index is -4.68. The largest absolute Gasteiger partial charge is 0.410 e. The molecule has 0 spiro atoms. The van der Waals surface area contributed by atoms with Crippen LogP contribution in [0.5, 0.6) is 0 Å². The van der Waals surface area contributed by atoms with E-state index >= 15 is 0 Å². The van der Waals surface area contributed by atoms with E-state index in [9.17, 15) is 27.2 Å². The number of hydrogen-bond acceptors (Lipinski definition) is 6. The van der Waals surface area contributed by atoms with Gasteiger partial charge in [-0.1, -0.05) is 0 Å². The highest BCUT2D eigenvalue weighted by Crippen LogP contribution is 2.32. The molecule has 12 heteroatoms. The molecule has 0 aromatic carbocycles. The van der Waals surface area contributed by atoms with E-state index in [2.05, 4.69) is 9.97 Å². The number of H-pyrrole nitrogens is 1. The lowest BCUT2D eigenvalue weighted by Crippen LogP contribution is -2.60. The average Bonchev–Trinajstić information content (AvgIpc) is 2.77. The molecule has 2 fully saturated rings. The van der Waals surface area contributed by atoms with Crippen LogP contribution in [-0.4, -0.2) is 78.4 Å². The molecule has 178 valence electrons. The van der Waals surface area contributed by atoms with Crippen molar-refractivity contribution in [3.8, 4) is 0 Å². The maximum Gasteiger partial charge on any atom is 0.410 e. The van der Waals surface area contributed by atoms with Gasteiger partial charge in [-0.25, -0.2) is 4.39 Å². The number of morpholine rings is 1. The van der Waals surface area contributed by atoms with Crippen molar-refractivity contribution in [3.05, 3.63) is 52.3 Å². The van der Waals surface area contributed by atoms with E-state index in [1.807, 2.05) is 11.8 Å². The van der Waals surface area contributed by atoms with Crippen LogP contribution in [-0.2, 0) is 4.74 Å². The number of anilines is 2. The van der Waals surface area contributed by atoms with Crippen LogP contribution in [0.4, 0.5) is 29.1 Å². The number of halogens is 4. The van der Waals surface area contributed by atoms with Crippen molar-refractivity contribution >= 4 is 17.4 Å². The normalized spacial score (nSPS) is 21.9. The smallest absolute Gasteiger partial charge is 0.377 e. The standard InChI is InChI=1S/C21H23F4N5O3/c1-13-12-33-5-4-29(13)16-7-18(27-19(31)8-16)30-3-2-28(11-17(30)21(23,24)25)20(32)14-6-15(22)10-26-9-14/h6-10,13,17H,2-5,11-12H2,1H3,(H,27,31)/t13-,17+/m1/s1. The fourth-order valence-corrected chi connectivity index (χ4v) is 4.19. The van der Waals surface area contributed by atoms with Crippen molar-refractivity contribution < 1.29 is 27.1 Å². The van der Waals surface area contributed by atoms with Gasteiger partial charge in [-0.05, 0) is 13.0 Å². The Labute approximate surface area is 186 Å². The fourth-order valence-electron chi connectivity index (χ4n) is 4.19. The Balaban J connectivity index is 1.62. The minimum absolute atomic E-state index is 0.0260. The Morgan fingerprint density at radius 1 is 1.15 bits per heavy atom. The highest BCUT2D eigenvalue weighted by molar-refractivity contribution is 5.94. The molecule has 1 amide bonds. The van der Waals surface area contributed by atoms with Crippen molar-refractivity contribution in [2.75, 3.05) is 49.2 Å². The number of carbonyl (C=O) groups is 1. The average molecular weight is 469 g/mol. The van der Waals surface area contributed by atoms with Crippen LogP contribution in [0.3, 0.4) is 0 Å². The summed E-state index contributed by atoms with van der Waals surface area (Å²) in [5.41, 5.74) is -0.137. The number of hydrogen-bond donors (Lipinski definition) is 1. The van der Waals surface area contributed by atoms with Crippen LogP contribution >= 0.6 is 0 Å². The van der Waals surface area contributed by atoms with Crippen LogP contribution < -0.4 is 15.4 Å². The molecule has 2 aromatic heterocycles. The second-order valence-corrected chi connectivity index (χ2v) is 8.10. The predicted octanol–water partition coefficient (Wildman–Crippen LogP) is 2.03.